The van der Waals surface area contributed by atoms with E-state index < -0.39 is 0 Å². The first-order valence-corrected chi connectivity index (χ1v) is 5.05. The first-order chi connectivity index (χ1) is 7.15. The van der Waals surface area contributed by atoms with E-state index in [9.17, 15) is 4.79 Å². The molecule has 0 bridgehead atoms. The molecule has 0 radical (unpaired) electrons. The lowest BCUT2D eigenvalue weighted by Crippen LogP contribution is -2.21. The molecule has 1 unspecified atom stereocenters. The van der Waals surface area contributed by atoms with Gasteiger partial charge in [0.1, 0.15) is 0 Å². The Bertz CT molecular complexity index is 336. The number of ether oxygens (including phenoxy) is 1. The van der Waals surface area contributed by atoms with Crippen molar-refractivity contribution in [2.45, 2.75) is 19.8 Å². The zero-order chi connectivity index (χ0) is 11.3. The molecule has 1 atom stereocenters. The second-order valence-corrected chi connectivity index (χ2v) is 3.61. The number of alkyl carbamates (subject to hydrolysis) is 1. The molecule has 0 aliphatic carbocycles. The Kier molecular flexibility index (Phi) is 4.16. The van der Waals surface area contributed by atoms with Gasteiger partial charge in [-0.2, -0.15) is 0 Å². The minimum absolute atomic E-state index is 0.225. The van der Waals surface area contributed by atoms with Crippen LogP contribution in [0, 0.1) is 6.92 Å². The fourth-order valence-corrected chi connectivity index (χ4v) is 1.50. The highest BCUT2D eigenvalue weighted by atomic mass is 16.5. The summed E-state index contributed by atoms with van der Waals surface area (Å²) in [5.41, 5.74) is 2.45. The van der Waals surface area contributed by atoms with Crippen molar-refractivity contribution in [3.05, 3.63) is 35.4 Å². The lowest BCUT2D eigenvalue weighted by Gasteiger charge is -2.14. The highest BCUT2D eigenvalue weighted by molar-refractivity contribution is 5.66. The third-order valence-corrected chi connectivity index (χ3v) is 2.39. The molecule has 0 aliphatic heterocycles. The zero-order valence-electron chi connectivity index (χ0n) is 9.41. The van der Waals surface area contributed by atoms with Crippen molar-refractivity contribution in [2.24, 2.45) is 0 Å². The van der Waals surface area contributed by atoms with Crippen LogP contribution in [-0.4, -0.2) is 19.7 Å². The average Bonchev–Trinajstić information content (AvgIpc) is 2.26. The molecule has 1 rings (SSSR count). The van der Waals surface area contributed by atoms with Gasteiger partial charge in [-0.3, -0.25) is 0 Å². The first kappa shape index (κ1) is 11.6. The largest absolute Gasteiger partial charge is 0.449 e. The summed E-state index contributed by atoms with van der Waals surface area (Å²) in [5, 5.41) is 2.43. The van der Waals surface area contributed by atoms with Crippen molar-refractivity contribution in [3.63, 3.8) is 0 Å². The smallest absolute Gasteiger partial charge is 0.406 e. The van der Waals surface area contributed by atoms with E-state index in [0.717, 1.165) is 0 Å². The lowest BCUT2D eigenvalue weighted by molar-refractivity contribution is 0.142. The molecule has 3 heteroatoms. The highest BCUT2D eigenvalue weighted by Gasteiger charge is 2.09. The van der Waals surface area contributed by atoms with Gasteiger partial charge in [0.05, 0.1) is 6.61 Å². The van der Waals surface area contributed by atoms with Crippen molar-refractivity contribution < 1.29 is 9.53 Å². The van der Waals surface area contributed by atoms with E-state index in [1.807, 2.05) is 19.1 Å². The Morgan fingerprint density at radius 1 is 1.47 bits per heavy atom. The quantitative estimate of drug-likeness (QED) is 0.826. The van der Waals surface area contributed by atoms with Crippen LogP contribution in [0.15, 0.2) is 24.3 Å². The SMILES string of the molecule is CNC(=O)OCC(C)c1ccccc1C. The molecular weight excluding hydrogens is 190 g/mol. The zero-order valence-corrected chi connectivity index (χ0v) is 9.41. The highest BCUT2D eigenvalue weighted by Crippen LogP contribution is 2.19. The third-order valence-electron chi connectivity index (χ3n) is 2.39. The Hall–Kier alpha value is -1.51. The number of hydrogen-bond donors (Lipinski definition) is 1. The van der Waals surface area contributed by atoms with Gasteiger partial charge in [0.2, 0.25) is 0 Å². The molecule has 0 heterocycles. The summed E-state index contributed by atoms with van der Waals surface area (Å²) in [5.74, 6) is 0.225. The molecular formula is C12H17NO2. The maximum Gasteiger partial charge on any atom is 0.406 e. The number of carbonyl (C=O) groups excluding carboxylic acids is 1. The second-order valence-electron chi connectivity index (χ2n) is 3.61. The van der Waals surface area contributed by atoms with Crippen LogP contribution < -0.4 is 5.32 Å². The van der Waals surface area contributed by atoms with E-state index in [1.54, 1.807) is 7.05 Å². The van der Waals surface area contributed by atoms with Crippen molar-refractivity contribution in [2.75, 3.05) is 13.7 Å². The van der Waals surface area contributed by atoms with E-state index >= 15 is 0 Å². The summed E-state index contributed by atoms with van der Waals surface area (Å²) in [6.45, 7) is 4.52. The van der Waals surface area contributed by atoms with Crippen LogP contribution in [0.5, 0.6) is 0 Å². The summed E-state index contributed by atoms with van der Waals surface area (Å²) in [4.78, 5) is 10.9. The predicted molar refractivity (Wildman–Crippen MR) is 60.0 cm³/mol. The molecule has 0 fully saturated rings. The van der Waals surface area contributed by atoms with E-state index in [1.165, 1.54) is 11.1 Å². The fourth-order valence-electron chi connectivity index (χ4n) is 1.50. The summed E-state index contributed by atoms with van der Waals surface area (Å²) < 4.78 is 5.01. The monoisotopic (exact) mass is 207 g/mol. The van der Waals surface area contributed by atoms with Crippen LogP contribution in [-0.2, 0) is 4.74 Å². The molecule has 15 heavy (non-hydrogen) atoms. The van der Waals surface area contributed by atoms with Gasteiger partial charge in [0.15, 0.2) is 0 Å². The molecule has 1 amide bonds. The van der Waals surface area contributed by atoms with Crippen LogP contribution in [0.4, 0.5) is 4.79 Å². The molecule has 0 spiro atoms. The number of nitrogens with one attached hydrogen (secondary N) is 1. The molecule has 1 N–H and O–H groups in total. The topological polar surface area (TPSA) is 38.3 Å². The Labute approximate surface area is 90.4 Å². The molecule has 1 aromatic rings. The molecule has 0 saturated heterocycles. The van der Waals surface area contributed by atoms with Gasteiger partial charge in [0.25, 0.3) is 0 Å². The van der Waals surface area contributed by atoms with Crippen molar-refractivity contribution in [3.8, 4) is 0 Å². The van der Waals surface area contributed by atoms with Crippen LogP contribution in [0.3, 0.4) is 0 Å². The minimum atomic E-state index is -0.379. The van der Waals surface area contributed by atoms with E-state index in [2.05, 4.69) is 24.4 Å². The maximum atomic E-state index is 10.9. The second kappa shape index (κ2) is 5.39. The Morgan fingerprint density at radius 3 is 2.73 bits per heavy atom. The molecule has 0 saturated carbocycles. The predicted octanol–water partition coefficient (Wildman–Crippen LogP) is 2.45. The molecule has 0 aromatic heterocycles. The summed E-state index contributed by atoms with van der Waals surface area (Å²) >= 11 is 0. The molecule has 0 aliphatic rings. The van der Waals surface area contributed by atoms with Gasteiger partial charge in [-0.25, -0.2) is 4.79 Å². The van der Waals surface area contributed by atoms with Crippen LogP contribution >= 0.6 is 0 Å². The first-order valence-electron chi connectivity index (χ1n) is 5.05. The average molecular weight is 207 g/mol. The Morgan fingerprint density at radius 2 is 2.13 bits per heavy atom. The van der Waals surface area contributed by atoms with Gasteiger partial charge >= 0.3 is 6.09 Å². The van der Waals surface area contributed by atoms with E-state index in [-0.39, 0.29) is 12.0 Å². The lowest BCUT2D eigenvalue weighted by atomic mass is 9.97. The van der Waals surface area contributed by atoms with Gasteiger partial charge in [-0.15, -0.1) is 0 Å². The standard InChI is InChI=1S/C12H17NO2/c1-9-6-4-5-7-11(9)10(2)8-15-12(14)13-3/h4-7,10H,8H2,1-3H3,(H,13,14). The van der Waals surface area contributed by atoms with Crippen molar-refractivity contribution in [1.82, 2.24) is 5.32 Å². The van der Waals surface area contributed by atoms with Crippen LogP contribution in [0.25, 0.3) is 0 Å². The van der Waals surface area contributed by atoms with Crippen LogP contribution in [0.1, 0.15) is 24.0 Å². The summed E-state index contributed by atoms with van der Waals surface area (Å²) in [7, 11) is 1.56. The van der Waals surface area contributed by atoms with Crippen LogP contribution in [0.2, 0.25) is 0 Å². The number of benzene rings is 1. The maximum absolute atomic E-state index is 10.9. The molecule has 82 valence electrons. The number of rotatable bonds is 3. The van der Waals surface area contributed by atoms with Gasteiger partial charge in [-0.1, -0.05) is 31.2 Å². The van der Waals surface area contributed by atoms with E-state index in [0.29, 0.717) is 6.61 Å². The normalized spacial score (nSPS) is 11.9. The number of aryl methyl sites for hydroxylation is 1. The summed E-state index contributed by atoms with van der Waals surface area (Å²) in [6, 6.07) is 8.13. The van der Waals surface area contributed by atoms with Gasteiger partial charge < -0.3 is 10.1 Å². The third kappa shape index (κ3) is 3.27. The molecule has 3 nitrogen and oxygen atoms in total. The van der Waals surface area contributed by atoms with Crippen molar-refractivity contribution >= 4 is 6.09 Å². The fraction of sp³-hybridized carbons (Fsp3) is 0.417. The minimum Gasteiger partial charge on any atom is -0.449 e. The van der Waals surface area contributed by atoms with Crippen molar-refractivity contribution in [1.29, 1.82) is 0 Å². The van der Waals surface area contributed by atoms with Gasteiger partial charge in [0, 0.05) is 13.0 Å². The summed E-state index contributed by atoms with van der Waals surface area (Å²) in [6.07, 6.45) is -0.379. The number of amides is 1. The number of carbonyl (C=O) groups is 1. The molecule has 1 aromatic carbocycles. The number of hydrogen-bond acceptors (Lipinski definition) is 2. The Balaban J connectivity index is 2.57. The van der Waals surface area contributed by atoms with E-state index in [4.69, 9.17) is 4.74 Å². The van der Waals surface area contributed by atoms with Gasteiger partial charge in [-0.05, 0) is 18.1 Å².